The second kappa shape index (κ2) is 18.0. The maximum atomic E-state index is 10.4. The molecular formula is C16H38AlO4P. The van der Waals surface area contributed by atoms with E-state index in [1.807, 2.05) is 0 Å². The van der Waals surface area contributed by atoms with Crippen molar-refractivity contribution in [1.82, 2.24) is 0 Å². The zero-order valence-electron chi connectivity index (χ0n) is 13.8. The van der Waals surface area contributed by atoms with Crippen molar-refractivity contribution in [2.24, 2.45) is 0 Å². The Morgan fingerprint density at radius 1 is 0.682 bits per heavy atom. The van der Waals surface area contributed by atoms with Gasteiger partial charge < -0.3 is 9.79 Å². The highest BCUT2D eigenvalue weighted by Crippen LogP contribution is 2.35. The van der Waals surface area contributed by atoms with Gasteiger partial charge in [-0.05, 0) is 6.42 Å². The lowest BCUT2D eigenvalue weighted by Crippen LogP contribution is -1.92. The predicted octanol–water partition coefficient (Wildman–Crippen LogP) is 4.39. The van der Waals surface area contributed by atoms with E-state index in [0.29, 0.717) is 0 Å². The van der Waals surface area contributed by atoms with Crippen molar-refractivity contribution in [3.05, 3.63) is 0 Å². The Kier molecular flexibility index (Phi) is 20.4. The van der Waals surface area contributed by atoms with Crippen LogP contribution in [-0.2, 0) is 9.09 Å². The summed E-state index contributed by atoms with van der Waals surface area (Å²) in [6, 6.07) is 0. The Bertz CT molecular complexity index is 259. The van der Waals surface area contributed by atoms with E-state index in [4.69, 9.17) is 9.79 Å². The molecule has 4 nitrogen and oxygen atoms in total. The molecule has 0 saturated heterocycles. The van der Waals surface area contributed by atoms with Crippen LogP contribution < -0.4 is 0 Å². The highest BCUT2D eigenvalue weighted by Gasteiger charge is 2.12. The number of phosphoric acid groups is 1. The minimum atomic E-state index is -4.25. The first-order valence-electron chi connectivity index (χ1n) is 8.76. The molecule has 0 saturated carbocycles. The van der Waals surface area contributed by atoms with Gasteiger partial charge in [0.25, 0.3) is 0 Å². The Hall–Kier alpha value is 0.642. The number of hydrogen-bond acceptors (Lipinski definition) is 2. The molecular weight excluding hydrogens is 314 g/mol. The van der Waals surface area contributed by atoms with Crippen molar-refractivity contribution in [3.63, 3.8) is 0 Å². The Labute approximate surface area is 147 Å². The molecule has 6 heteroatoms. The van der Waals surface area contributed by atoms with Crippen LogP contribution in [0.2, 0.25) is 0 Å². The maximum absolute atomic E-state index is 10.4. The molecule has 0 amide bonds. The van der Waals surface area contributed by atoms with E-state index in [1.54, 1.807) is 0 Å². The van der Waals surface area contributed by atoms with Crippen molar-refractivity contribution in [2.75, 3.05) is 6.61 Å². The standard InChI is InChI=1S/C16H35O4P.Al.3H/c1-2-3-4-5-6-7-8-9-10-11-12-13-14-15-16-20-21(17,18)19;;;;/h2-16H2,1H3,(H2,17,18,19);;;;. The molecule has 0 aliphatic rings. The monoisotopic (exact) mass is 352 g/mol. The lowest BCUT2D eigenvalue weighted by atomic mass is 10.0. The summed E-state index contributed by atoms with van der Waals surface area (Å²) in [5.74, 6) is 0. The van der Waals surface area contributed by atoms with Crippen LogP contribution in [0.4, 0.5) is 0 Å². The van der Waals surface area contributed by atoms with Gasteiger partial charge in [0.05, 0.1) is 6.61 Å². The average Bonchev–Trinajstić information content (AvgIpc) is 2.42. The fraction of sp³-hybridized carbons (Fsp3) is 1.00. The van der Waals surface area contributed by atoms with Crippen molar-refractivity contribution >= 4 is 25.2 Å². The molecule has 0 aromatic carbocycles. The molecule has 0 aliphatic carbocycles. The molecule has 0 aromatic heterocycles. The lowest BCUT2D eigenvalue weighted by molar-refractivity contribution is 0.193. The van der Waals surface area contributed by atoms with E-state index in [9.17, 15) is 4.57 Å². The van der Waals surface area contributed by atoms with Crippen molar-refractivity contribution in [2.45, 2.75) is 96.8 Å². The third kappa shape index (κ3) is 22.9. The number of rotatable bonds is 16. The second-order valence-electron chi connectivity index (χ2n) is 5.92. The molecule has 0 unspecified atom stereocenters. The molecule has 0 aromatic rings. The molecule has 22 heavy (non-hydrogen) atoms. The van der Waals surface area contributed by atoms with Gasteiger partial charge >= 0.3 is 7.82 Å². The molecule has 134 valence electrons. The van der Waals surface area contributed by atoms with Crippen LogP contribution in [0.5, 0.6) is 0 Å². The van der Waals surface area contributed by atoms with E-state index >= 15 is 0 Å². The van der Waals surface area contributed by atoms with E-state index in [1.165, 1.54) is 70.6 Å². The molecule has 0 spiro atoms. The predicted molar refractivity (Wildman–Crippen MR) is 98.2 cm³/mol. The molecule has 0 heterocycles. The summed E-state index contributed by atoms with van der Waals surface area (Å²) in [6.07, 6.45) is 17.8. The van der Waals surface area contributed by atoms with Crippen LogP contribution in [-0.4, -0.2) is 33.8 Å². The summed E-state index contributed by atoms with van der Waals surface area (Å²) < 4.78 is 14.8. The van der Waals surface area contributed by atoms with Gasteiger partial charge in [0.1, 0.15) is 0 Å². The van der Waals surface area contributed by atoms with Crippen molar-refractivity contribution in [1.29, 1.82) is 0 Å². The average molecular weight is 352 g/mol. The van der Waals surface area contributed by atoms with Gasteiger partial charge in [0.2, 0.25) is 0 Å². The van der Waals surface area contributed by atoms with Crippen LogP contribution in [0.1, 0.15) is 96.8 Å². The van der Waals surface area contributed by atoms with Crippen LogP contribution in [0.3, 0.4) is 0 Å². The summed E-state index contributed by atoms with van der Waals surface area (Å²) in [4.78, 5) is 17.0. The van der Waals surface area contributed by atoms with Gasteiger partial charge in [-0.15, -0.1) is 0 Å². The van der Waals surface area contributed by atoms with E-state index < -0.39 is 7.82 Å². The van der Waals surface area contributed by atoms with Crippen LogP contribution in [0.25, 0.3) is 0 Å². The minimum Gasteiger partial charge on any atom is -0.303 e. The van der Waals surface area contributed by atoms with E-state index in [0.717, 1.165) is 19.3 Å². The first-order chi connectivity index (χ1) is 10.1. The zero-order chi connectivity index (χ0) is 15.8. The number of unbranched alkanes of at least 4 members (excludes halogenated alkanes) is 13. The summed E-state index contributed by atoms with van der Waals surface area (Å²) in [5.41, 5.74) is 0. The van der Waals surface area contributed by atoms with E-state index in [2.05, 4.69) is 11.4 Å². The summed E-state index contributed by atoms with van der Waals surface area (Å²) in [7, 11) is -4.25. The topological polar surface area (TPSA) is 66.8 Å². The zero-order valence-corrected chi connectivity index (χ0v) is 14.7. The molecule has 0 fully saturated rings. The van der Waals surface area contributed by atoms with Crippen LogP contribution >= 0.6 is 7.82 Å². The normalized spacial score (nSPS) is 11.4. The van der Waals surface area contributed by atoms with Crippen molar-refractivity contribution in [3.8, 4) is 0 Å². The summed E-state index contributed by atoms with van der Waals surface area (Å²) in [6.45, 7) is 2.42. The van der Waals surface area contributed by atoms with Gasteiger partial charge in [-0.25, -0.2) is 4.57 Å². The molecule has 0 atom stereocenters. The van der Waals surface area contributed by atoms with Crippen molar-refractivity contribution < 1.29 is 18.9 Å². The molecule has 0 radical (unpaired) electrons. The van der Waals surface area contributed by atoms with Crippen LogP contribution in [0.15, 0.2) is 0 Å². The SMILES string of the molecule is CCCCCCCCCCCCCCCCOP(=O)(O)O.[AlH3]. The summed E-state index contributed by atoms with van der Waals surface area (Å²) >= 11 is 0. The molecule has 0 rings (SSSR count). The number of hydrogen-bond donors (Lipinski definition) is 2. The smallest absolute Gasteiger partial charge is 0.303 e. The lowest BCUT2D eigenvalue weighted by Gasteiger charge is -2.05. The molecule has 0 bridgehead atoms. The minimum absolute atomic E-state index is 0. The van der Waals surface area contributed by atoms with Gasteiger partial charge in [-0.1, -0.05) is 90.4 Å². The Morgan fingerprint density at radius 3 is 1.32 bits per heavy atom. The highest BCUT2D eigenvalue weighted by atomic mass is 31.2. The highest BCUT2D eigenvalue weighted by molar-refractivity contribution is 7.46. The fourth-order valence-electron chi connectivity index (χ4n) is 2.48. The Morgan fingerprint density at radius 2 is 1.00 bits per heavy atom. The first-order valence-corrected chi connectivity index (χ1v) is 10.3. The molecule has 0 aliphatic heterocycles. The van der Waals surface area contributed by atoms with E-state index in [-0.39, 0.29) is 24.0 Å². The Balaban J connectivity index is 0. The summed E-state index contributed by atoms with van der Waals surface area (Å²) in [5, 5.41) is 0. The third-order valence-corrected chi connectivity index (χ3v) is 4.28. The first kappa shape index (κ1) is 24.9. The van der Waals surface area contributed by atoms with Gasteiger partial charge in [-0.3, -0.25) is 4.52 Å². The quantitative estimate of drug-likeness (QED) is 0.246. The second-order valence-corrected chi connectivity index (χ2v) is 7.16. The van der Waals surface area contributed by atoms with Gasteiger partial charge in [0, 0.05) is 0 Å². The van der Waals surface area contributed by atoms with Gasteiger partial charge in [-0.2, -0.15) is 0 Å². The largest absolute Gasteiger partial charge is 0.469 e. The number of phosphoric ester groups is 1. The van der Waals surface area contributed by atoms with Crippen LogP contribution in [0, 0.1) is 0 Å². The van der Waals surface area contributed by atoms with Gasteiger partial charge in [0.15, 0.2) is 17.4 Å². The maximum Gasteiger partial charge on any atom is 0.469 e. The molecule has 2 N–H and O–H groups in total. The fourth-order valence-corrected chi connectivity index (χ4v) is 2.85. The third-order valence-electron chi connectivity index (χ3n) is 3.76.